The van der Waals surface area contributed by atoms with E-state index in [-0.39, 0.29) is 5.69 Å². The number of carboxylic acid groups (broad SMARTS) is 1. The van der Waals surface area contributed by atoms with Crippen molar-refractivity contribution < 1.29 is 27.8 Å². The zero-order valence-electron chi connectivity index (χ0n) is 14.0. The van der Waals surface area contributed by atoms with Crippen molar-refractivity contribution in [2.45, 2.75) is 13.1 Å². The second-order valence-corrected chi connectivity index (χ2v) is 4.87. The second kappa shape index (κ2) is 9.68. The summed E-state index contributed by atoms with van der Waals surface area (Å²) < 4.78 is 42.5. The van der Waals surface area contributed by atoms with Gasteiger partial charge in [-0.1, -0.05) is 0 Å². The van der Waals surface area contributed by atoms with E-state index in [9.17, 15) is 18.0 Å². The number of benzene rings is 2. The van der Waals surface area contributed by atoms with Crippen molar-refractivity contribution in [2.75, 3.05) is 11.9 Å². The number of nitrogens with one attached hydrogen (secondary N) is 1. The fraction of sp³-hybridized carbons (Fsp3) is 0.167. The molecule has 0 radical (unpaired) electrons. The third-order valence-electron chi connectivity index (χ3n) is 2.99. The zero-order chi connectivity index (χ0) is 20.4. The van der Waals surface area contributed by atoms with Gasteiger partial charge in [-0.25, -0.2) is 4.79 Å². The SMILES string of the molecule is CCOc1ccc(C#N)cc1.N#Cc1ccc(NC(=O)O)cc1C(F)(F)F. The van der Waals surface area contributed by atoms with Crippen molar-refractivity contribution in [1.29, 1.82) is 10.5 Å². The van der Waals surface area contributed by atoms with Crippen molar-refractivity contribution in [3.63, 3.8) is 0 Å². The molecule has 0 unspecified atom stereocenters. The van der Waals surface area contributed by atoms with Crippen molar-refractivity contribution >= 4 is 11.8 Å². The molecule has 0 bridgehead atoms. The number of hydrogen-bond donors (Lipinski definition) is 2. The molecule has 2 N–H and O–H groups in total. The topological polar surface area (TPSA) is 106 Å². The summed E-state index contributed by atoms with van der Waals surface area (Å²) in [6.45, 7) is 2.59. The van der Waals surface area contributed by atoms with E-state index in [4.69, 9.17) is 20.4 Å². The Morgan fingerprint density at radius 1 is 1.15 bits per heavy atom. The average Bonchev–Trinajstić information content (AvgIpc) is 2.62. The Morgan fingerprint density at radius 3 is 2.22 bits per heavy atom. The first-order valence-corrected chi connectivity index (χ1v) is 7.45. The number of hydrogen-bond acceptors (Lipinski definition) is 4. The molecule has 0 aliphatic rings. The van der Waals surface area contributed by atoms with E-state index in [2.05, 4.69) is 0 Å². The summed E-state index contributed by atoms with van der Waals surface area (Å²) in [5, 5.41) is 27.0. The fourth-order valence-corrected chi connectivity index (χ4v) is 1.87. The maximum Gasteiger partial charge on any atom is 0.417 e. The average molecular weight is 377 g/mol. The monoisotopic (exact) mass is 377 g/mol. The van der Waals surface area contributed by atoms with Gasteiger partial charge in [0, 0.05) is 5.69 Å². The summed E-state index contributed by atoms with van der Waals surface area (Å²) in [4.78, 5) is 10.2. The molecule has 140 valence electrons. The summed E-state index contributed by atoms with van der Waals surface area (Å²) in [5.41, 5.74) is -1.29. The Bertz CT molecular complexity index is 867. The van der Waals surface area contributed by atoms with Crippen LogP contribution in [0.3, 0.4) is 0 Å². The highest BCUT2D eigenvalue weighted by Crippen LogP contribution is 2.33. The van der Waals surface area contributed by atoms with Gasteiger partial charge in [-0.2, -0.15) is 23.7 Å². The predicted molar refractivity (Wildman–Crippen MR) is 90.1 cm³/mol. The van der Waals surface area contributed by atoms with E-state index in [0.29, 0.717) is 18.2 Å². The van der Waals surface area contributed by atoms with Gasteiger partial charge in [0.25, 0.3) is 0 Å². The molecule has 2 rings (SSSR count). The van der Waals surface area contributed by atoms with Crippen LogP contribution in [0, 0.1) is 22.7 Å². The number of carbonyl (C=O) groups is 1. The minimum Gasteiger partial charge on any atom is -0.494 e. The van der Waals surface area contributed by atoms with Crippen LogP contribution < -0.4 is 10.1 Å². The minimum atomic E-state index is -4.69. The van der Waals surface area contributed by atoms with Crippen LogP contribution >= 0.6 is 0 Å². The number of rotatable bonds is 3. The molecular weight excluding hydrogens is 363 g/mol. The van der Waals surface area contributed by atoms with E-state index < -0.39 is 23.4 Å². The van der Waals surface area contributed by atoms with Crippen LogP contribution in [-0.2, 0) is 6.18 Å². The minimum absolute atomic E-state index is 0.237. The lowest BCUT2D eigenvalue weighted by Crippen LogP contribution is -2.11. The fourth-order valence-electron chi connectivity index (χ4n) is 1.87. The maximum atomic E-state index is 12.4. The largest absolute Gasteiger partial charge is 0.494 e. The third-order valence-corrected chi connectivity index (χ3v) is 2.99. The van der Waals surface area contributed by atoms with Crippen LogP contribution in [-0.4, -0.2) is 17.8 Å². The van der Waals surface area contributed by atoms with Crippen molar-refractivity contribution in [3.8, 4) is 17.9 Å². The Morgan fingerprint density at radius 2 is 1.78 bits per heavy atom. The molecule has 6 nitrogen and oxygen atoms in total. The molecule has 0 atom stereocenters. The second-order valence-electron chi connectivity index (χ2n) is 4.87. The molecule has 0 spiro atoms. The number of ether oxygens (including phenoxy) is 1. The number of amides is 1. The van der Waals surface area contributed by atoms with Crippen LogP contribution in [0.2, 0.25) is 0 Å². The van der Waals surface area contributed by atoms with Crippen LogP contribution in [0.5, 0.6) is 5.75 Å². The van der Waals surface area contributed by atoms with E-state index in [1.807, 2.05) is 13.0 Å². The summed E-state index contributed by atoms with van der Waals surface area (Å²) in [7, 11) is 0. The van der Waals surface area contributed by atoms with E-state index in [1.165, 1.54) is 6.07 Å². The molecule has 0 aliphatic carbocycles. The first kappa shape index (κ1) is 21.3. The molecule has 0 fully saturated rings. The third kappa shape index (κ3) is 6.96. The smallest absolute Gasteiger partial charge is 0.417 e. The standard InChI is InChI=1S/C9H5F3N2O2.C9H9NO/c10-9(11,12)7-3-6(14-8(15)16)2-1-5(7)4-13;1-2-11-9-5-3-8(7-10)4-6-9/h1-3,14H,(H,15,16);3-6H,2H2,1H3. The lowest BCUT2D eigenvalue weighted by atomic mass is 10.1. The molecule has 0 saturated carbocycles. The molecule has 0 aliphatic heterocycles. The lowest BCUT2D eigenvalue weighted by molar-refractivity contribution is -0.137. The molecular formula is C18H14F3N3O3. The molecule has 0 heterocycles. The Labute approximate surface area is 153 Å². The highest BCUT2D eigenvalue weighted by atomic mass is 19.4. The summed E-state index contributed by atoms with van der Waals surface area (Å²) in [6, 6.07) is 13.1. The van der Waals surface area contributed by atoms with Gasteiger partial charge < -0.3 is 9.84 Å². The lowest BCUT2D eigenvalue weighted by Gasteiger charge is -2.10. The summed E-state index contributed by atoms with van der Waals surface area (Å²) >= 11 is 0. The Kier molecular flexibility index (Phi) is 7.65. The summed E-state index contributed by atoms with van der Waals surface area (Å²) in [6.07, 6.45) is -6.17. The van der Waals surface area contributed by atoms with Gasteiger partial charge in [-0.05, 0) is 49.4 Å². The van der Waals surface area contributed by atoms with Crippen LogP contribution in [0.25, 0.3) is 0 Å². The van der Waals surface area contributed by atoms with Gasteiger partial charge in [0.1, 0.15) is 5.75 Å². The number of halogens is 3. The van der Waals surface area contributed by atoms with Crippen molar-refractivity contribution in [1.82, 2.24) is 0 Å². The highest BCUT2D eigenvalue weighted by Gasteiger charge is 2.33. The number of nitriles is 2. The highest BCUT2D eigenvalue weighted by molar-refractivity contribution is 5.83. The molecule has 9 heteroatoms. The van der Waals surface area contributed by atoms with E-state index in [0.717, 1.165) is 17.9 Å². The molecule has 27 heavy (non-hydrogen) atoms. The van der Waals surface area contributed by atoms with Gasteiger partial charge in [0.2, 0.25) is 0 Å². The molecule has 0 saturated heterocycles. The maximum absolute atomic E-state index is 12.4. The number of nitrogens with zero attached hydrogens (tertiary/aromatic N) is 2. The molecule has 0 aromatic heterocycles. The van der Waals surface area contributed by atoms with Gasteiger partial charge in [0.05, 0.1) is 35.4 Å². The van der Waals surface area contributed by atoms with Gasteiger partial charge in [-0.3, -0.25) is 5.32 Å². The first-order chi connectivity index (χ1) is 12.7. The Hall–Kier alpha value is -3.72. The Balaban J connectivity index is 0.000000289. The number of alkyl halides is 3. The number of anilines is 1. The molecule has 2 aromatic carbocycles. The first-order valence-electron chi connectivity index (χ1n) is 7.45. The van der Waals surface area contributed by atoms with E-state index >= 15 is 0 Å². The van der Waals surface area contributed by atoms with Crippen LogP contribution in [0.4, 0.5) is 23.7 Å². The predicted octanol–water partition coefficient (Wildman–Crippen LogP) is 4.62. The normalized spacial score (nSPS) is 9.85. The van der Waals surface area contributed by atoms with Gasteiger partial charge >= 0.3 is 12.3 Å². The molecule has 2 aromatic rings. The van der Waals surface area contributed by atoms with Crippen LogP contribution in [0.15, 0.2) is 42.5 Å². The van der Waals surface area contributed by atoms with Gasteiger partial charge in [-0.15, -0.1) is 0 Å². The van der Waals surface area contributed by atoms with Crippen molar-refractivity contribution in [2.24, 2.45) is 0 Å². The van der Waals surface area contributed by atoms with E-state index in [1.54, 1.807) is 29.6 Å². The zero-order valence-corrected chi connectivity index (χ0v) is 14.0. The van der Waals surface area contributed by atoms with Crippen molar-refractivity contribution in [3.05, 3.63) is 59.2 Å². The summed E-state index contributed by atoms with van der Waals surface area (Å²) in [5.74, 6) is 0.812. The van der Waals surface area contributed by atoms with Crippen LogP contribution in [0.1, 0.15) is 23.6 Å². The quantitative estimate of drug-likeness (QED) is 0.811. The molecule has 1 amide bonds. The van der Waals surface area contributed by atoms with Gasteiger partial charge in [0.15, 0.2) is 0 Å².